The van der Waals surface area contributed by atoms with E-state index in [0.29, 0.717) is 0 Å². The molecule has 4 heteroatoms. The smallest absolute Gasteiger partial charge is 0.316 e. The molecule has 0 aromatic carbocycles. The Morgan fingerprint density at radius 3 is 2.76 bits per heavy atom. The van der Waals surface area contributed by atoms with Gasteiger partial charge in [0.1, 0.15) is 0 Å². The minimum Gasteiger partial charge on any atom is -0.480 e. The monoisotopic (exact) mass is 258 g/mol. The van der Waals surface area contributed by atoms with E-state index in [2.05, 4.69) is 0 Å². The quantitative estimate of drug-likeness (QED) is 0.841. The standard InChI is InChI=1S/C13H22O3S/c1-10(12(14)15)17-9-11-5-8-13(16-11)6-3-2-4-7-13/h10-11H,2-9H2,1H3,(H,14,15). The van der Waals surface area contributed by atoms with Gasteiger partial charge in [0.05, 0.1) is 17.0 Å². The van der Waals surface area contributed by atoms with Crippen molar-refractivity contribution in [3.8, 4) is 0 Å². The summed E-state index contributed by atoms with van der Waals surface area (Å²) in [6.45, 7) is 1.75. The van der Waals surface area contributed by atoms with E-state index in [0.717, 1.165) is 12.2 Å². The largest absolute Gasteiger partial charge is 0.480 e. The summed E-state index contributed by atoms with van der Waals surface area (Å²) in [5.74, 6) is 0.107. The van der Waals surface area contributed by atoms with Gasteiger partial charge in [-0.1, -0.05) is 19.3 Å². The van der Waals surface area contributed by atoms with Gasteiger partial charge in [-0.2, -0.15) is 0 Å². The second-order valence-electron chi connectivity index (χ2n) is 5.34. The lowest BCUT2D eigenvalue weighted by molar-refractivity contribution is -0.136. The molecular formula is C13H22O3S. The highest BCUT2D eigenvalue weighted by Gasteiger charge is 2.40. The maximum Gasteiger partial charge on any atom is 0.316 e. The van der Waals surface area contributed by atoms with Gasteiger partial charge in [-0.25, -0.2) is 0 Å². The Hall–Kier alpha value is -0.220. The third kappa shape index (κ3) is 3.38. The van der Waals surface area contributed by atoms with Gasteiger partial charge in [0, 0.05) is 5.75 Å². The predicted molar refractivity (Wildman–Crippen MR) is 69.5 cm³/mol. The zero-order chi connectivity index (χ0) is 12.3. The first kappa shape index (κ1) is 13.2. The zero-order valence-electron chi connectivity index (χ0n) is 10.5. The van der Waals surface area contributed by atoms with Crippen LogP contribution < -0.4 is 0 Å². The molecule has 2 unspecified atom stereocenters. The molecule has 1 saturated heterocycles. The molecule has 0 bridgehead atoms. The molecule has 2 aliphatic rings. The maximum atomic E-state index is 10.7. The van der Waals surface area contributed by atoms with Gasteiger partial charge in [0.25, 0.3) is 0 Å². The highest BCUT2D eigenvalue weighted by molar-refractivity contribution is 8.00. The van der Waals surface area contributed by atoms with Crippen molar-refractivity contribution in [1.82, 2.24) is 0 Å². The summed E-state index contributed by atoms with van der Waals surface area (Å²) in [5, 5.41) is 8.52. The summed E-state index contributed by atoms with van der Waals surface area (Å²) in [6.07, 6.45) is 8.93. The predicted octanol–water partition coefficient (Wildman–Crippen LogP) is 3.07. The van der Waals surface area contributed by atoms with Crippen LogP contribution in [0.5, 0.6) is 0 Å². The lowest BCUT2D eigenvalue weighted by Crippen LogP contribution is -2.32. The SMILES string of the molecule is CC(SCC1CCC2(CCCCC2)O1)C(=O)O. The van der Waals surface area contributed by atoms with E-state index in [-0.39, 0.29) is 17.0 Å². The van der Waals surface area contributed by atoms with Crippen LogP contribution in [-0.4, -0.2) is 33.8 Å². The maximum absolute atomic E-state index is 10.7. The first-order valence-electron chi connectivity index (χ1n) is 6.64. The Morgan fingerprint density at radius 2 is 2.12 bits per heavy atom. The highest BCUT2D eigenvalue weighted by Crippen LogP contribution is 2.42. The summed E-state index contributed by atoms with van der Waals surface area (Å²) in [5.41, 5.74) is 0.163. The van der Waals surface area contributed by atoms with Crippen LogP contribution in [0.3, 0.4) is 0 Å². The minimum absolute atomic E-state index is 0.163. The van der Waals surface area contributed by atoms with Crippen LogP contribution in [0.2, 0.25) is 0 Å². The van der Waals surface area contributed by atoms with Crippen molar-refractivity contribution < 1.29 is 14.6 Å². The molecule has 2 rings (SSSR count). The third-order valence-corrected chi connectivity index (χ3v) is 5.25. The first-order chi connectivity index (χ1) is 8.11. The highest BCUT2D eigenvalue weighted by atomic mass is 32.2. The van der Waals surface area contributed by atoms with Gasteiger partial charge in [0.2, 0.25) is 0 Å². The molecule has 2 atom stereocenters. The minimum atomic E-state index is -0.722. The lowest BCUT2D eigenvalue weighted by Gasteiger charge is -2.33. The molecule has 2 fully saturated rings. The van der Waals surface area contributed by atoms with Gasteiger partial charge < -0.3 is 9.84 Å². The molecule has 1 N–H and O–H groups in total. The van der Waals surface area contributed by atoms with Crippen molar-refractivity contribution in [2.45, 2.75) is 68.8 Å². The van der Waals surface area contributed by atoms with Gasteiger partial charge in [0.15, 0.2) is 0 Å². The summed E-state index contributed by atoms with van der Waals surface area (Å²) >= 11 is 1.50. The Labute approximate surface area is 107 Å². The second-order valence-corrected chi connectivity index (χ2v) is 6.71. The molecule has 1 spiro atoms. The fraction of sp³-hybridized carbons (Fsp3) is 0.923. The van der Waals surface area contributed by atoms with E-state index in [1.54, 1.807) is 6.92 Å². The van der Waals surface area contributed by atoms with Crippen molar-refractivity contribution in [2.75, 3.05) is 5.75 Å². The molecule has 3 nitrogen and oxygen atoms in total. The van der Waals surface area contributed by atoms with Crippen LogP contribution in [0, 0.1) is 0 Å². The van der Waals surface area contributed by atoms with E-state index in [9.17, 15) is 4.79 Å². The van der Waals surface area contributed by atoms with Crippen LogP contribution in [0.25, 0.3) is 0 Å². The molecule has 0 amide bonds. The molecule has 0 radical (unpaired) electrons. The normalized spacial score (nSPS) is 29.4. The Bertz CT molecular complexity index is 274. The van der Waals surface area contributed by atoms with Crippen LogP contribution in [0.1, 0.15) is 51.9 Å². The molecule has 0 aromatic heterocycles. The van der Waals surface area contributed by atoms with Gasteiger partial charge in [-0.05, 0) is 32.6 Å². The number of carboxylic acids is 1. The summed E-state index contributed by atoms with van der Waals surface area (Å²) < 4.78 is 6.21. The number of thioether (sulfide) groups is 1. The molecular weight excluding hydrogens is 236 g/mol. The van der Waals surface area contributed by atoms with Crippen LogP contribution >= 0.6 is 11.8 Å². The molecule has 17 heavy (non-hydrogen) atoms. The topological polar surface area (TPSA) is 46.5 Å². The molecule has 0 aromatic rings. The van der Waals surface area contributed by atoms with Gasteiger partial charge in [-0.15, -0.1) is 11.8 Å². The lowest BCUT2D eigenvalue weighted by atomic mass is 9.83. The van der Waals surface area contributed by atoms with Gasteiger partial charge in [-0.3, -0.25) is 4.79 Å². The number of carbonyl (C=O) groups is 1. The molecule has 1 aliphatic carbocycles. The average molecular weight is 258 g/mol. The molecule has 1 saturated carbocycles. The Kier molecular flexibility index (Phi) is 4.36. The summed E-state index contributed by atoms with van der Waals surface area (Å²) in [4.78, 5) is 10.7. The van der Waals surface area contributed by atoms with Crippen molar-refractivity contribution in [2.24, 2.45) is 0 Å². The van der Waals surface area contributed by atoms with Crippen LogP contribution in [0.15, 0.2) is 0 Å². The Morgan fingerprint density at radius 1 is 1.41 bits per heavy atom. The van der Waals surface area contributed by atoms with E-state index in [1.165, 1.54) is 50.3 Å². The fourth-order valence-corrected chi connectivity index (χ4v) is 3.78. The third-order valence-electron chi connectivity index (χ3n) is 3.98. The number of aliphatic carboxylic acids is 1. The van der Waals surface area contributed by atoms with Crippen molar-refractivity contribution >= 4 is 17.7 Å². The number of rotatable bonds is 4. The van der Waals surface area contributed by atoms with Crippen molar-refractivity contribution in [1.29, 1.82) is 0 Å². The molecule has 1 heterocycles. The Balaban J connectivity index is 1.76. The number of hydrogen-bond acceptors (Lipinski definition) is 3. The van der Waals surface area contributed by atoms with E-state index >= 15 is 0 Å². The van der Waals surface area contributed by atoms with E-state index in [4.69, 9.17) is 9.84 Å². The second kappa shape index (κ2) is 5.61. The van der Waals surface area contributed by atoms with Crippen LogP contribution in [-0.2, 0) is 9.53 Å². The molecule has 98 valence electrons. The summed E-state index contributed by atoms with van der Waals surface area (Å²) in [7, 11) is 0. The fourth-order valence-electron chi connectivity index (χ4n) is 2.90. The zero-order valence-corrected chi connectivity index (χ0v) is 11.3. The van der Waals surface area contributed by atoms with E-state index < -0.39 is 5.97 Å². The first-order valence-corrected chi connectivity index (χ1v) is 7.68. The van der Waals surface area contributed by atoms with Crippen LogP contribution in [0.4, 0.5) is 0 Å². The molecule has 1 aliphatic heterocycles. The number of carboxylic acid groups (broad SMARTS) is 1. The van der Waals surface area contributed by atoms with Gasteiger partial charge >= 0.3 is 5.97 Å². The number of hydrogen-bond donors (Lipinski definition) is 1. The van der Waals surface area contributed by atoms with Crippen molar-refractivity contribution in [3.63, 3.8) is 0 Å². The van der Waals surface area contributed by atoms with Crippen molar-refractivity contribution in [3.05, 3.63) is 0 Å². The average Bonchev–Trinajstić information content (AvgIpc) is 2.70. The van der Waals surface area contributed by atoms with E-state index in [1.807, 2.05) is 0 Å². The summed E-state index contributed by atoms with van der Waals surface area (Å²) in [6, 6.07) is 0. The number of ether oxygens (including phenoxy) is 1.